The van der Waals surface area contributed by atoms with E-state index in [0.717, 1.165) is 24.1 Å². The quantitative estimate of drug-likeness (QED) is 0.880. The molecule has 4 rings (SSSR count). The normalized spacial score (nSPS) is 29.2. The molecule has 114 valence electrons. The van der Waals surface area contributed by atoms with Crippen LogP contribution >= 0.6 is 0 Å². The van der Waals surface area contributed by atoms with Crippen LogP contribution < -0.4 is 0 Å². The predicted molar refractivity (Wildman–Crippen MR) is 85.5 cm³/mol. The van der Waals surface area contributed by atoms with Crippen LogP contribution in [0.2, 0.25) is 0 Å². The van der Waals surface area contributed by atoms with E-state index >= 15 is 0 Å². The maximum Gasteiger partial charge on any atom is 0.176 e. The number of Topliss-reactive ketones (excluding diaryl/α,β-unsaturated/α-hetero) is 1. The monoisotopic (exact) mass is 303 g/mol. The van der Waals surface area contributed by atoms with Gasteiger partial charge in [0.15, 0.2) is 5.78 Å². The van der Waals surface area contributed by atoms with Gasteiger partial charge in [-0.3, -0.25) is 9.89 Å². The molecule has 0 bridgehead atoms. The third-order valence-corrected chi connectivity index (χ3v) is 5.45. The van der Waals surface area contributed by atoms with Crippen molar-refractivity contribution < 1.29 is 4.79 Å². The predicted octanol–water partition coefficient (Wildman–Crippen LogP) is 2.93. The molecule has 4 heteroatoms. The largest absolute Gasteiger partial charge is 0.293 e. The molecule has 23 heavy (non-hydrogen) atoms. The highest BCUT2D eigenvalue weighted by molar-refractivity contribution is 6.02. The first kappa shape index (κ1) is 14.0. The van der Waals surface area contributed by atoms with E-state index in [1.54, 1.807) is 0 Å². The molecule has 0 aliphatic heterocycles. The summed E-state index contributed by atoms with van der Waals surface area (Å²) in [5.41, 5.74) is 3.01. The van der Waals surface area contributed by atoms with Gasteiger partial charge < -0.3 is 0 Å². The average molecular weight is 303 g/mol. The van der Waals surface area contributed by atoms with E-state index in [1.807, 2.05) is 37.4 Å². The summed E-state index contributed by atoms with van der Waals surface area (Å²) in [6, 6.07) is 12.2. The van der Waals surface area contributed by atoms with E-state index in [1.165, 1.54) is 5.56 Å². The topological polar surface area (TPSA) is 69.5 Å². The van der Waals surface area contributed by atoms with Gasteiger partial charge in [-0.1, -0.05) is 37.3 Å². The number of aryl methyl sites for hydroxylation is 1. The van der Waals surface area contributed by atoms with E-state index in [-0.39, 0.29) is 23.2 Å². The van der Waals surface area contributed by atoms with Crippen molar-refractivity contribution in [2.45, 2.75) is 25.2 Å². The fraction of sp³-hybridized carbons (Fsp3) is 0.316. The van der Waals surface area contributed by atoms with Gasteiger partial charge in [0.05, 0.1) is 16.7 Å². The second-order valence-corrected chi connectivity index (χ2v) is 6.46. The lowest BCUT2D eigenvalue weighted by Crippen LogP contribution is -2.48. The third-order valence-electron chi connectivity index (χ3n) is 5.45. The van der Waals surface area contributed by atoms with E-state index < -0.39 is 5.41 Å². The van der Waals surface area contributed by atoms with Crippen molar-refractivity contribution in [1.29, 1.82) is 5.26 Å². The Bertz CT molecular complexity index is 843. The van der Waals surface area contributed by atoms with E-state index in [2.05, 4.69) is 28.4 Å². The van der Waals surface area contributed by atoms with Crippen LogP contribution in [0.1, 0.15) is 30.2 Å². The zero-order valence-electron chi connectivity index (χ0n) is 12.9. The van der Waals surface area contributed by atoms with Crippen molar-refractivity contribution in [2.24, 2.45) is 11.8 Å². The summed E-state index contributed by atoms with van der Waals surface area (Å²) in [4.78, 5) is 12.5. The molecule has 2 aliphatic rings. The van der Waals surface area contributed by atoms with Crippen LogP contribution in [0.3, 0.4) is 0 Å². The smallest absolute Gasteiger partial charge is 0.176 e. The SMILES string of the molecule is C[C@@H]1C(=O)C(C#N)=C[C@]2(c3ccccc3)c3n[nH]cc3CCC12. The zero-order valence-corrected chi connectivity index (χ0v) is 12.9. The minimum absolute atomic E-state index is 0.0389. The van der Waals surface area contributed by atoms with Gasteiger partial charge >= 0.3 is 0 Å². The molecule has 0 saturated heterocycles. The Balaban J connectivity index is 2.08. The molecule has 1 N–H and O–H groups in total. The number of aromatic nitrogens is 2. The third kappa shape index (κ3) is 1.77. The number of nitrogens with one attached hydrogen (secondary N) is 1. The second-order valence-electron chi connectivity index (χ2n) is 6.46. The van der Waals surface area contributed by atoms with Gasteiger partial charge in [0.25, 0.3) is 0 Å². The number of allylic oxidation sites excluding steroid dienone is 2. The van der Waals surface area contributed by atoms with Crippen molar-refractivity contribution in [1.82, 2.24) is 10.2 Å². The van der Waals surface area contributed by atoms with Gasteiger partial charge in [-0.15, -0.1) is 0 Å². The van der Waals surface area contributed by atoms with Gasteiger partial charge in [0, 0.05) is 12.1 Å². The molecule has 4 nitrogen and oxygen atoms in total. The van der Waals surface area contributed by atoms with Crippen LogP contribution in [0, 0.1) is 23.2 Å². The van der Waals surface area contributed by atoms with E-state index in [9.17, 15) is 10.1 Å². The van der Waals surface area contributed by atoms with Crippen LogP contribution in [-0.2, 0) is 16.6 Å². The second kappa shape index (κ2) is 4.92. The fourth-order valence-electron chi connectivity index (χ4n) is 4.36. The summed E-state index contributed by atoms with van der Waals surface area (Å²) in [6.45, 7) is 1.95. The van der Waals surface area contributed by atoms with Crippen LogP contribution in [0.25, 0.3) is 0 Å². The molecule has 1 aromatic carbocycles. The van der Waals surface area contributed by atoms with Crippen molar-refractivity contribution in [3.05, 3.63) is 65.0 Å². The molecule has 0 fully saturated rings. The maximum absolute atomic E-state index is 12.5. The minimum Gasteiger partial charge on any atom is -0.293 e. The highest BCUT2D eigenvalue weighted by Gasteiger charge is 2.52. The van der Waals surface area contributed by atoms with Gasteiger partial charge in [0.1, 0.15) is 6.07 Å². The molecule has 1 heterocycles. The lowest BCUT2D eigenvalue weighted by Gasteiger charge is -2.46. The van der Waals surface area contributed by atoms with Crippen LogP contribution in [0.4, 0.5) is 0 Å². The Kier molecular flexibility index (Phi) is 2.99. The molecule has 3 atom stereocenters. The molecule has 0 radical (unpaired) electrons. The van der Waals surface area contributed by atoms with Crippen molar-refractivity contribution in [2.75, 3.05) is 0 Å². The van der Waals surface area contributed by atoms with Crippen molar-refractivity contribution >= 4 is 5.78 Å². The number of benzene rings is 1. The highest BCUT2D eigenvalue weighted by atomic mass is 16.1. The Morgan fingerprint density at radius 2 is 2.13 bits per heavy atom. The summed E-state index contributed by atoms with van der Waals surface area (Å²) >= 11 is 0. The summed E-state index contributed by atoms with van der Waals surface area (Å²) in [5.74, 6) is -0.0898. The standard InChI is InChI=1S/C19H17N3O/c1-12-16-8-7-13-11-21-22-18(13)19(16,9-14(10-20)17(12)23)15-5-3-2-4-6-15/h2-6,9,11-12,16H,7-8H2,1H3,(H,21,22)/t12-,16?,19+/m0/s1. The minimum atomic E-state index is -0.493. The van der Waals surface area contributed by atoms with Crippen LogP contribution in [0.15, 0.2) is 48.2 Å². The number of hydrogen-bond donors (Lipinski definition) is 1. The molecule has 1 aromatic heterocycles. The molecule has 0 amide bonds. The first-order valence-electron chi connectivity index (χ1n) is 7.94. The lowest BCUT2D eigenvalue weighted by atomic mass is 9.54. The summed E-state index contributed by atoms with van der Waals surface area (Å²) in [7, 11) is 0. The van der Waals surface area contributed by atoms with E-state index in [4.69, 9.17) is 0 Å². The molecule has 0 spiro atoms. The first-order chi connectivity index (χ1) is 11.2. The average Bonchev–Trinajstić information content (AvgIpc) is 3.08. The number of H-pyrrole nitrogens is 1. The number of fused-ring (bicyclic) bond motifs is 3. The van der Waals surface area contributed by atoms with Crippen molar-refractivity contribution in [3.8, 4) is 6.07 Å². The number of nitrogens with zero attached hydrogens (tertiary/aromatic N) is 2. The molecule has 1 unspecified atom stereocenters. The molecular formula is C19H17N3O. The Hall–Kier alpha value is -2.67. The number of rotatable bonds is 1. The molecule has 2 aliphatic carbocycles. The molecular weight excluding hydrogens is 286 g/mol. The number of carbonyl (C=O) groups is 1. The van der Waals surface area contributed by atoms with Crippen molar-refractivity contribution in [3.63, 3.8) is 0 Å². The van der Waals surface area contributed by atoms with E-state index in [0.29, 0.717) is 0 Å². The highest BCUT2D eigenvalue weighted by Crippen LogP contribution is 2.52. The lowest BCUT2D eigenvalue weighted by molar-refractivity contribution is -0.121. The zero-order chi connectivity index (χ0) is 16.0. The Morgan fingerprint density at radius 1 is 1.35 bits per heavy atom. The van der Waals surface area contributed by atoms with Gasteiger partial charge in [-0.25, -0.2) is 0 Å². The number of carbonyl (C=O) groups excluding carboxylic acids is 1. The summed E-state index contributed by atoms with van der Waals surface area (Å²) in [5, 5.41) is 17.0. The van der Waals surface area contributed by atoms with Crippen LogP contribution in [-0.4, -0.2) is 16.0 Å². The number of ketones is 1. The van der Waals surface area contributed by atoms with Gasteiger partial charge in [0.2, 0.25) is 0 Å². The fourth-order valence-corrected chi connectivity index (χ4v) is 4.36. The van der Waals surface area contributed by atoms with Gasteiger partial charge in [-0.05, 0) is 36.0 Å². The number of aromatic amines is 1. The molecule has 2 aromatic rings. The number of hydrogen-bond acceptors (Lipinski definition) is 3. The summed E-state index contributed by atoms with van der Waals surface area (Å²) < 4.78 is 0. The Labute approximate surface area is 134 Å². The molecule has 0 saturated carbocycles. The van der Waals surface area contributed by atoms with Crippen LogP contribution in [0.5, 0.6) is 0 Å². The van der Waals surface area contributed by atoms with Gasteiger partial charge in [-0.2, -0.15) is 10.4 Å². The first-order valence-corrected chi connectivity index (χ1v) is 7.94. The number of nitriles is 1. The maximum atomic E-state index is 12.5. The summed E-state index contributed by atoms with van der Waals surface area (Å²) in [6.07, 6.45) is 5.65. The Morgan fingerprint density at radius 3 is 2.87 bits per heavy atom.